The molecule has 1 radical (unpaired) electrons. The monoisotopic (exact) mass is 198 g/mol. The highest BCUT2D eigenvalue weighted by Crippen LogP contribution is 2.19. The van der Waals surface area contributed by atoms with Crippen molar-refractivity contribution in [3.8, 4) is 0 Å². The van der Waals surface area contributed by atoms with Gasteiger partial charge in [-0.1, -0.05) is 36.4 Å². The van der Waals surface area contributed by atoms with Gasteiger partial charge in [-0.2, -0.15) is 0 Å². The molecule has 1 aliphatic rings. The maximum Gasteiger partial charge on any atom is 0.0305 e. The molecule has 1 heteroatoms. The molecule has 0 unspecified atom stereocenters. The second-order valence-corrected chi connectivity index (χ2v) is 3.81. The fourth-order valence-electron chi connectivity index (χ4n) is 1.80. The van der Waals surface area contributed by atoms with Gasteiger partial charge in [0, 0.05) is 5.70 Å². The molecule has 1 aromatic rings. The number of nitrogens with two attached hydrogens (primary N) is 1. The highest BCUT2D eigenvalue weighted by molar-refractivity contribution is 5.34. The fourth-order valence-corrected chi connectivity index (χ4v) is 1.80. The summed E-state index contributed by atoms with van der Waals surface area (Å²) in [7, 11) is 0. The summed E-state index contributed by atoms with van der Waals surface area (Å²) in [6, 6.07) is 10.5. The second-order valence-electron chi connectivity index (χ2n) is 3.81. The summed E-state index contributed by atoms with van der Waals surface area (Å²) in [5.74, 6) is 0. The van der Waals surface area contributed by atoms with Gasteiger partial charge in [-0.3, -0.25) is 0 Å². The lowest BCUT2D eigenvalue weighted by Gasteiger charge is -2.12. The Balaban J connectivity index is 1.96. The zero-order valence-electron chi connectivity index (χ0n) is 8.82. The van der Waals surface area contributed by atoms with Crippen LogP contribution in [0.25, 0.3) is 0 Å². The zero-order valence-corrected chi connectivity index (χ0v) is 8.82. The smallest absolute Gasteiger partial charge is 0.0305 e. The third-order valence-corrected chi connectivity index (χ3v) is 2.69. The van der Waals surface area contributed by atoms with Crippen LogP contribution < -0.4 is 5.73 Å². The van der Waals surface area contributed by atoms with E-state index in [1.807, 2.05) is 12.1 Å². The summed E-state index contributed by atoms with van der Waals surface area (Å²) < 4.78 is 0. The van der Waals surface area contributed by atoms with Crippen LogP contribution >= 0.6 is 0 Å². The van der Waals surface area contributed by atoms with Crippen molar-refractivity contribution in [2.45, 2.75) is 19.3 Å². The lowest BCUT2D eigenvalue weighted by molar-refractivity contribution is 0.910. The van der Waals surface area contributed by atoms with Crippen molar-refractivity contribution in [2.75, 3.05) is 0 Å². The first-order chi connectivity index (χ1) is 7.36. The van der Waals surface area contributed by atoms with E-state index in [1.54, 1.807) is 0 Å². The summed E-state index contributed by atoms with van der Waals surface area (Å²) in [5.41, 5.74) is 9.50. The Bertz CT molecular complexity index is 374. The molecular weight excluding hydrogens is 182 g/mol. The molecule has 77 valence electrons. The maximum absolute atomic E-state index is 5.90. The first kappa shape index (κ1) is 10.0. The third-order valence-electron chi connectivity index (χ3n) is 2.69. The number of allylic oxidation sites excluding steroid dienone is 3. The number of rotatable bonds is 3. The Kier molecular flexibility index (Phi) is 3.23. The van der Waals surface area contributed by atoms with Gasteiger partial charge in [-0.25, -0.2) is 0 Å². The minimum Gasteiger partial charge on any atom is -0.399 e. The summed E-state index contributed by atoms with van der Waals surface area (Å²) in [5, 5.41) is 0. The predicted octanol–water partition coefficient (Wildman–Crippen LogP) is 3.00. The first-order valence-corrected chi connectivity index (χ1v) is 5.38. The first-order valence-electron chi connectivity index (χ1n) is 5.38. The molecule has 1 aromatic carbocycles. The van der Waals surface area contributed by atoms with Crippen molar-refractivity contribution in [2.24, 2.45) is 5.73 Å². The van der Waals surface area contributed by atoms with E-state index in [0.29, 0.717) is 0 Å². The van der Waals surface area contributed by atoms with E-state index < -0.39 is 0 Å². The van der Waals surface area contributed by atoms with Crippen molar-refractivity contribution in [3.63, 3.8) is 0 Å². The fraction of sp³-hybridized carbons (Fsp3) is 0.214. The minimum absolute atomic E-state index is 0.928. The van der Waals surface area contributed by atoms with Gasteiger partial charge < -0.3 is 5.73 Å². The molecule has 0 bridgehead atoms. The van der Waals surface area contributed by atoms with Gasteiger partial charge in [0.05, 0.1) is 0 Å². The van der Waals surface area contributed by atoms with Gasteiger partial charge in [0.2, 0.25) is 0 Å². The van der Waals surface area contributed by atoms with Crippen LogP contribution in [0.15, 0.2) is 53.8 Å². The molecular formula is C14H16N. The average Bonchev–Trinajstić information content (AvgIpc) is 2.29. The molecule has 0 aromatic heterocycles. The van der Waals surface area contributed by atoms with Gasteiger partial charge in [0.15, 0.2) is 0 Å². The van der Waals surface area contributed by atoms with E-state index in [9.17, 15) is 0 Å². The molecule has 0 spiro atoms. The third kappa shape index (κ3) is 2.72. The van der Waals surface area contributed by atoms with Crippen molar-refractivity contribution >= 4 is 0 Å². The van der Waals surface area contributed by atoms with Crippen LogP contribution in [0.1, 0.15) is 18.4 Å². The standard InChI is InChI=1S/C14H16N/c15-14-9-5-4-8-13(14)11-10-12-6-2-1-3-7-12/h1-3,5-9H,4,10-11,15H2. The number of hydrogen-bond donors (Lipinski definition) is 1. The molecule has 15 heavy (non-hydrogen) atoms. The summed E-state index contributed by atoms with van der Waals surface area (Å²) in [4.78, 5) is 0. The van der Waals surface area contributed by atoms with Gasteiger partial charge in [-0.05, 0) is 42.9 Å². The highest BCUT2D eigenvalue weighted by atomic mass is 14.6. The molecule has 0 amide bonds. The molecule has 2 N–H and O–H groups in total. The maximum atomic E-state index is 5.90. The zero-order chi connectivity index (χ0) is 10.5. The van der Waals surface area contributed by atoms with Crippen molar-refractivity contribution in [1.82, 2.24) is 0 Å². The Morgan fingerprint density at radius 2 is 1.87 bits per heavy atom. The largest absolute Gasteiger partial charge is 0.399 e. The quantitative estimate of drug-likeness (QED) is 0.793. The van der Waals surface area contributed by atoms with Crippen LogP contribution in [0, 0.1) is 6.42 Å². The molecule has 1 nitrogen and oxygen atoms in total. The summed E-state index contributed by atoms with van der Waals surface area (Å²) in [6.07, 6.45) is 9.46. The van der Waals surface area contributed by atoms with Gasteiger partial charge in [-0.15, -0.1) is 0 Å². The van der Waals surface area contributed by atoms with Crippen LogP contribution in [0.5, 0.6) is 0 Å². The lowest BCUT2D eigenvalue weighted by atomic mass is 9.96. The predicted molar refractivity (Wildman–Crippen MR) is 64.0 cm³/mol. The van der Waals surface area contributed by atoms with Gasteiger partial charge >= 0.3 is 0 Å². The van der Waals surface area contributed by atoms with E-state index in [1.165, 1.54) is 11.1 Å². The van der Waals surface area contributed by atoms with E-state index in [2.05, 4.69) is 36.8 Å². The topological polar surface area (TPSA) is 26.0 Å². The summed E-state index contributed by atoms with van der Waals surface area (Å²) in [6.45, 7) is 0. The average molecular weight is 198 g/mol. The Morgan fingerprint density at radius 1 is 1.07 bits per heavy atom. The van der Waals surface area contributed by atoms with E-state index >= 15 is 0 Å². The SMILES string of the molecule is NC1=C(CCc2ccccc2)[CH]CC=C1. The van der Waals surface area contributed by atoms with Crippen LogP contribution in [-0.2, 0) is 6.42 Å². The number of aryl methyl sites for hydroxylation is 1. The summed E-state index contributed by atoms with van der Waals surface area (Å²) >= 11 is 0. The molecule has 0 aliphatic heterocycles. The molecule has 2 rings (SSSR count). The molecule has 0 heterocycles. The Hall–Kier alpha value is -1.50. The van der Waals surface area contributed by atoms with E-state index in [0.717, 1.165) is 25.0 Å². The van der Waals surface area contributed by atoms with Crippen LogP contribution in [0.3, 0.4) is 0 Å². The Morgan fingerprint density at radius 3 is 2.60 bits per heavy atom. The molecule has 0 saturated carbocycles. The Labute approximate surface area is 91.3 Å². The molecule has 0 saturated heterocycles. The van der Waals surface area contributed by atoms with Crippen LogP contribution in [0.4, 0.5) is 0 Å². The van der Waals surface area contributed by atoms with Crippen molar-refractivity contribution in [3.05, 3.63) is 65.7 Å². The molecule has 0 fully saturated rings. The van der Waals surface area contributed by atoms with Crippen LogP contribution in [0.2, 0.25) is 0 Å². The van der Waals surface area contributed by atoms with E-state index in [-0.39, 0.29) is 0 Å². The number of benzene rings is 1. The van der Waals surface area contributed by atoms with Crippen LogP contribution in [-0.4, -0.2) is 0 Å². The minimum atomic E-state index is 0.928. The van der Waals surface area contributed by atoms with Crippen molar-refractivity contribution < 1.29 is 0 Å². The molecule has 0 atom stereocenters. The normalized spacial score (nSPS) is 15.7. The number of hydrogen-bond acceptors (Lipinski definition) is 1. The molecule has 1 aliphatic carbocycles. The van der Waals surface area contributed by atoms with E-state index in [4.69, 9.17) is 5.73 Å². The van der Waals surface area contributed by atoms with Crippen molar-refractivity contribution in [1.29, 1.82) is 0 Å². The highest BCUT2D eigenvalue weighted by Gasteiger charge is 2.05. The van der Waals surface area contributed by atoms with Gasteiger partial charge in [0.25, 0.3) is 0 Å². The van der Waals surface area contributed by atoms with Gasteiger partial charge in [0.1, 0.15) is 0 Å². The second kappa shape index (κ2) is 4.83. The lowest BCUT2D eigenvalue weighted by Crippen LogP contribution is -2.05.